The monoisotopic (exact) mass is 440 g/mol. The number of anilines is 1. The van der Waals surface area contributed by atoms with Crippen LogP contribution in [0.4, 0.5) is 5.69 Å². The molecule has 174 valence electrons. The van der Waals surface area contributed by atoms with E-state index in [0.29, 0.717) is 25.0 Å². The summed E-state index contributed by atoms with van der Waals surface area (Å²) in [5.41, 5.74) is 3.38. The van der Waals surface area contributed by atoms with Crippen molar-refractivity contribution in [2.24, 2.45) is 4.99 Å². The lowest BCUT2D eigenvalue weighted by Gasteiger charge is -2.31. The molecule has 1 aliphatic rings. The lowest BCUT2D eigenvalue weighted by atomic mass is 10.1. The molecule has 2 N–H and O–H groups in total. The zero-order valence-electron chi connectivity index (χ0n) is 19.7. The number of morpholine rings is 1. The molecule has 1 aliphatic heterocycles. The maximum absolute atomic E-state index is 5.65. The smallest absolute Gasteiger partial charge is 0.196 e. The fourth-order valence-electron chi connectivity index (χ4n) is 3.75. The predicted octanol–water partition coefficient (Wildman–Crippen LogP) is 3.89. The van der Waals surface area contributed by atoms with Crippen molar-refractivity contribution in [1.82, 2.24) is 10.2 Å². The third-order valence-corrected chi connectivity index (χ3v) is 5.21. The Morgan fingerprint density at radius 1 is 1.16 bits per heavy atom. The molecule has 2 aromatic carbocycles. The summed E-state index contributed by atoms with van der Waals surface area (Å²) in [5, 5.41) is 6.67. The molecule has 0 amide bonds. The molecule has 1 fully saturated rings. The first-order valence-corrected chi connectivity index (χ1v) is 11.4. The molecule has 0 bridgehead atoms. The summed E-state index contributed by atoms with van der Waals surface area (Å²) in [7, 11) is 1.64. The van der Waals surface area contributed by atoms with Crippen LogP contribution in [0.3, 0.4) is 0 Å². The van der Waals surface area contributed by atoms with Gasteiger partial charge in [0.15, 0.2) is 17.5 Å². The summed E-state index contributed by atoms with van der Waals surface area (Å²) in [6.45, 7) is 11.8. The summed E-state index contributed by atoms with van der Waals surface area (Å²) in [6, 6.07) is 14.5. The minimum absolute atomic E-state index is 0.298. The van der Waals surface area contributed by atoms with E-state index in [2.05, 4.69) is 53.6 Å². The number of methoxy groups -OCH3 is 1. The number of hydrogen-bond acceptors (Lipinski definition) is 5. The quantitative estimate of drug-likeness (QED) is 0.456. The van der Waals surface area contributed by atoms with Gasteiger partial charge in [-0.1, -0.05) is 24.3 Å². The fourth-order valence-corrected chi connectivity index (χ4v) is 3.75. The van der Waals surface area contributed by atoms with E-state index >= 15 is 0 Å². The van der Waals surface area contributed by atoms with Crippen LogP contribution in [-0.2, 0) is 17.8 Å². The Balaban J connectivity index is 1.66. The van der Waals surface area contributed by atoms with Crippen LogP contribution in [0.15, 0.2) is 47.5 Å². The first-order valence-electron chi connectivity index (χ1n) is 11.4. The van der Waals surface area contributed by atoms with Gasteiger partial charge in [-0.15, -0.1) is 0 Å². The second-order valence-electron chi connectivity index (χ2n) is 7.86. The summed E-state index contributed by atoms with van der Waals surface area (Å²) in [5.74, 6) is 2.15. The van der Waals surface area contributed by atoms with Gasteiger partial charge in [-0.2, -0.15) is 0 Å². The molecular formula is C25H36N4O3. The lowest BCUT2D eigenvalue weighted by molar-refractivity contribution is -0.0212. The number of hydrogen-bond donors (Lipinski definition) is 2. The first-order chi connectivity index (χ1) is 15.6. The number of aliphatic imine (C=N–C) groups is 1. The summed E-state index contributed by atoms with van der Waals surface area (Å²) in [6.07, 6.45) is 0.298. The van der Waals surface area contributed by atoms with Gasteiger partial charge in [-0.25, -0.2) is 4.99 Å². The van der Waals surface area contributed by atoms with Crippen LogP contribution in [0.5, 0.6) is 11.5 Å². The van der Waals surface area contributed by atoms with Crippen LogP contribution in [0.1, 0.15) is 31.9 Å². The van der Waals surface area contributed by atoms with Crippen molar-refractivity contribution in [3.8, 4) is 11.5 Å². The van der Waals surface area contributed by atoms with Crippen LogP contribution in [0.2, 0.25) is 0 Å². The van der Waals surface area contributed by atoms with Crippen LogP contribution in [0, 0.1) is 0 Å². The average molecular weight is 441 g/mol. The standard InChI is InChI=1S/C25H36N4O3/c1-5-26-25(28-22-10-11-23(31-6-2)24(15-22)30-4)27-16-20-8-7-9-21(14-20)18-29-12-13-32-19(3)17-29/h7-11,14-15,19H,5-6,12-13,16-18H2,1-4H3,(H2,26,27,28). The molecular weight excluding hydrogens is 404 g/mol. The maximum Gasteiger partial charge on any atom is 0.196 e. The Morgan fingerprint density at radius 3 is 2.75 bits per heavy atom. The maximum atomic E-state index is 5.65. The largest absolute Gasteiger partial charge is 0.493 e. The number of guanidine groups is 1. The second kappa shape index (κ2) is 12.3. The number of nitrogens with zero attached hydrogens (tertiary/aromatic N) is 2. The Kier molecular flexibility index (Phi) is 9.19. The van der Waals surface area contributed by atoms with E-state index in [1.807, 2.05) is 25.1 Å². The van der Waals surface area contributed by atoms with E-state index in [0.717, 1.165) is 50.2 Å². The van der Waals surface area contributed by atoms with Crippen molar-refractivity contribution < 1.29 is 14.2 Å². The van der Waals surface area contributed by atoms with E-state index in [9.17, 15) is 0 Å². The third-order valence-electron chi connectivity index (χ3n) is 5.21. The molecule has 0 aromatic heterocycles. The Morgan fingerprint density at radius 2 is 2.00 bits per heavy atom. The Bertz CT molecular complexity index is 887. The number of ether oxygens (including phenoxy) is 3. The number of nitrogens with one attached hydrogen (secondary N) is 2. The van der Waals surface area contributed by atoms with Crippen molar-refractivity contribution in [3.05, 3.63) is 53.6 Å². The molecule has 0 saturated carbocycles. The van der Waals surface area contributed by atoms with Crippen molar-refractivity contribution in [1.29, 1.82) is 0 Å². The van der Waals surface area contributed by atoms with Gasteiger partial charge in [-0.05, 0) is 44.0 Å². The molecule has 1 heterocycles. The van der Waals surface area contributed by atoms with Crippen LogP contribution in [0.25, 0.3) is 0 Å². The average Bonchev–Trinajstić information content (AvgIpc) is 2.79. The van der Waals surface area contributed by atoms with Crippen molar-refractivity contribution >= 4 is 11.6 Å². The summed E-state index contributed by atoms with van der Waals surface area (Å²) >= 11 is 0. The lowest BCUT2D eigenvalue weighted by Crippen LogP contribution is -2.40. The fraction of sp³-hybridized carbons (Fsp3) is 0.480. The van der Waals surface area contributed by atoms with Gasteiger partial charge < -0.3 is 24.8 Å². The van der Waals surface area contributed by atoms with Gasteiger partial charge >= 0.3 is 0 Å². The van der Waals surface area contributed by atoms with Crippen molar-refractivity contribution in [2.75, 3.05) is 45.3 Å². The minimum atomic E-state index is 0.298. The zero-order chi connectivity index (χ0) is 22.8. The highest BCUT2D eigenvalue weighted by Crippen LogP contribution is 2.30. The van der Waals surface area contributed by atoms with E-state index < -0.39 is 0 Å². The van der Waals surface area contributed by atoms with E-state index in [-0.39, 0.29) is 0 Å². The van der Waals surface area contributed by atoms with Crippen molar-refractivity contribution in [3.63, 3.8) is 0 Å². The normalized spacial score (nSPS) is 17.1. The highest BCUT2D eigenvalue weighted by atomic mass is 16.5. The van der Waals surface area contributed by atoms with Gasteiger partial charge in [0.05, 0.1) is 33.0 Å². The van der Waals surface area contributed by atoms with Gasteiger partial charge in [0.25, 0.3) is 0 Å². The highest BCUT2D eigenvalue weighted by molar-refractivity contribution is 5.93. The molecule has 1 atom stereocenters. The Hall–Kier alpha value is -2.77. The topological polar surface area (TPSA) is 67.4 Å². The predicted molar refractivity (Wildman–Crippen MR) is 130 cm³/mol. The summed E-state index contributed by atoms with van der Waals surface area (Å²) < 4.78 is 16.7. The molecule has 1 saturated heterocycles. The van der Waals surface area contributed by atoms with Crippen LogP contribution < -0.4 is 20.1 Å². The SMILES string of the molecule is CCNC(=NCc1cccc(CN2CCOC(C)C2)c1)Nc1ccc(OCC)c(OC)c1. The molecule has 0 aliphatic carbocycles. The molecule has 0 spiro atoms. The molecule has 0 radical (unpaired) electrons. The zero-order valence-corrected chi connectivity index (χ0v) is 19.7. The van der Waals surface area contributed by atoms with Gasteiger partial charge in [-0.3, -0.25) is 4.90 Å². The molecule has 7 heteroatoms. The van der Waals surface area contributed by atoms with Gasteiger partial charge in [0.2, 0.25) is 0 Å². The minimum Gasteiger partial charge on any atom is -0.493 e. The third kappa shape index (κ3) is 7.14. The van der Waals surface area contributed by atoms with Gasteiger partial charge in [0.1, 0.15) is 0 Å². The first kappa shape index (κ1) is 23.9. The van der Waals surface area contributed by atoms with E-state index in [1.165, 1.54) is 11.1 Å². The number of benzene rings is 2. The molecule has 1 unspecified atom stereocenters. The molecule has 7 nitrogen and oxygen atoms in total. The molecule has 32 heavy (non-hydrogen) atoms. The second-order valence-corrected chi connectivity index (χ2v) is 7.86. The Labute approximate surface area is 191 Å². The molecule has 3 rings (SSSR count). The highest BCUT2D eigenvalue weighted by Gasteiger charge is 2.16. The molecule has 2 aromatic rings. The van der Waals surface area contributed by atoms with Crippen molar-refractivity contribution in [2.45, 2.75) is 40.0 Å². The van der Waals surface area contributed by atoms with Crippen LogP contribution in [-0.4, -0.2) is 56.9 Å². The van der Waals surface area contributed by atoms with E-state index in [4.69, 9.17) is 19.2 Å². The van der Waals surface area contributed by atoms with Crippen LogP contribution >= 0.6 is 0 Å². The summed E-state index contributed by atoms with van der Waals surface area (Å²) in [4.78, 5) is 7.23. The number of rotatable bonds is 9. The van der Waals surface area contributed by atoms with E-state index in [1.54, 1.807) is 7.11 Å². The van der Waals surface area contributed by atoms with Gasteiger partial charge in [0, 0.05) is 37.9 Å².